The van der Waals surface area contributed by atoms with Gasteiger partial charge < -0.3 is 19.4 Å². The summed E-state index contributed by atoms with van der Waals surface area (Å²) in [7, 11) is -28.0. The lowest BCUT2D eigenvalue weighted by Gasteiger charge is -2.12. The number of rotatable bonds is 20. The highest BCUT2D eigenvalue weighted by Crippen LogP contribution is 2.35. The lowest BCUT2D eigenvalue weighted by Crippen LogP contribution is -2.33. The molecule has 0 aliphatic carbocycles. The normalized spacial score (nSPS) is 16.4. The van der Waals surface area contributed by atoms with E-state index in [1.807, 2.05) is 0 Å². The number of hydrogen-bond donors (Lipinski definition) is 10. The van der Waals surface area contributed by atoms with Crippen LogP contribution in [0.25, 0.3) is 12.2 Å². The molecule has 4 heterocycles. The summed E-state index contributed by atoms with van der Waals surface area (Å²) in [5.41, 5.74) is -5.78. The second-order valence-corrected chi connectivity index (χ2v) is 29.6. The number of nitrogens with one attached hydrogen (secondary N) is 4. The maximum Gasteiger partial charge on any atom is 0.357 e. The Morgan fingerprint density at radius 2 is 0.769 bits per heavy atom. The summed E-state index contributed by atoms with van der Waals surface area (Å²) >= 11 is 12.5. The average molecular weight is 1590 g/mol. The molecule has 0 radical (unpaired) electrons. The van der Waals surface area contributed by atoms with Crippen molar-refractivity contribution in [1.29, 1.82) is 0 Å². The summed E-state index contributed by atoms with van der Waals surface area (Å²) in [6, 6.07) is 16.1. The fourth-order valence-corrected chi connectivity index (χ4v) is 13.0. The van der Waals surface area contributed by atoms with E-state index in [1.54, 1.807) is 0 Å². The Labute approximate surface area is 591 Å². The second-order valence-electron chi connectivity index (χ2n) is 20.5. The number of nitrogens with zero attached hydrogens (tertiary/aromatic N) is 14. The molecule has 0 fully saturated rings. The van der Waals surface area contributed by atoms with E-state index in [9.17, 15) is 97.0 Å². The van der Waals surface area contributed by atoms with Crippen molar-refractivity contribution in [3.05, 3.63) is 165 Å². The number of methoxy groups -OCH3 is 2. The van der Waals surface area contributed by atoms with E-state index in [2.05, 4.69) is 80.5 Å². The minimum absolute atomic E-state index is 0.122. The largest absolute Gasteiger partial charge is 0.464 e. The van der Waals surface area contributed by atoms with E-state index in [1.165, 1.54) is 12.1 Å². The number of hydrazone groups is 2. The fraction of sp³-hybridized carbons (Fsp3) is 0.0741. The predicted molar refractivity (Wildman–Crippen MR) is 354 cm³/mol. The van der Waals surface area contributed by atoms with Gasteiger partial charge in [-0.05, 0) is 144 Å². The van der Waals surface area contributed by atoms with Crippen LogP contribution in [-0.2, 0) is 89.4 Å². The molecule has 0 saturated carbocycles. The van der Waals surface area contributed by atoms with Gasteiger partial charge in [-0.1, -0.05) is 24.3 Å². The molecule has 10 N–H and O–H groups in total. The van der Waals surface area contributed by atoms with E-state index in [-0.39, 0.29) is 56.5 Å². The number of benzene rings is 6. The molecule has 104 heavy (non-hydrogen) atoms. The Balaban J connectivity index is 0.912. The van der Waals surface area contributed by atoms with Crippen LogP contribution in [0.5, 0.6) is 0 Å². The van der Waals surface area contributed by atoms with Crippen LogP contribution in [0, 0.1) is 0 Å². The van der Waals surface area contributed by atoms with Gasteiger partial charge in [0.15, 0.2) is 11.4 Å². The molecule has 2 atom stereocenters. The van der Waals surface area contributed by atoms with E-state index < -0.39 is 171 Å². The SMILES string of the molecule is COC(=O)C1=NN(c2ccc(S(=O)(=O)O)cc2)C(=O)C1N=Nc1cc(N=c2nc(Cl)[nH]c(=Nc3ccc(/C=C/c4ccc(N=c5[nH]c(Cl)nc(=Nc6ccc(S(=O)(=O)O)c(N=NC7C(=O)N(c8ccc(S(=O)(=O)O)cc8)N=C7C(=O)OC)c6)[nH]5)cc4S(=O)(=O)O)c(S(=O)(=O)O)c3)[nH]2)ccc1S(=O)(=O)O. The number of amides is 2. The van der Waals surface area contributed by atoms with Crippen LogP contribution in [0.15, 0.2) is 201 Å². The Bertz CT molecular complexity index is 5810. The molecular formula is C54H40Cl2N18O24S6. The van der Waals surface area contributed by atoms with E-state index in [0.717, 1.165) is 136 Å². The molecule has 2 aromatic heterocycles. The van der Waals surface area contributed by atoms with Crippen molar-refractivity contribution in [2.45, 2.75) is 41.5 Å². The molecule has 2 aliphatic rings. The van der Waals surface area contributed by atoms with Crippen molar-refractivity contribution in [2.75, 3.05) is 24.2 Å². The first-order valence-corrected chi connectivity index (χ1v) is 37.1. The summed E-state index contributed by atoms with van der Waals surface area (Å²) < 4.78 is 217. The summed E-state index contributed by atoms with van der Waals surface area (Å²) in [4.78, 5) is 83.4. The van der Waals surface area contributed by atoms with Gasteiger partial charge in [-0.25, -0.2) is 29.6 Å². The smallest absolute Gasteiger partial charge is 0.357 e. The topological polar surface area (TPSA) is 632 Å². The van der Waals surface area contributed by atoms with Crippen molar-refractivity contribution in [1.82, 2.24) is 29.9 Å². The number of ether oxygens (including phenoxy) is 2. The van der Waals surface area contributed by atoms with Gasteiger partial charge >= 0.3 is 11.9 Å². The van der Waals surface area contributed by atoms with Crippen LogP contribution in [0.1, 0.15) is 11.1 Å². The molecule has 540 valence electrons. The Morgan fingerprint density at radius 1 is 0.442 bits per heavy atom. The van der Waals surface area contributed by atoms with Crippen molar-refractivity contribution in [2.24, 2.45) is 50.6 Å². The molecule has 10 rings (SSSR count). The van der Waals surface area contributed by atoms with Gasteiger partial charge in [-0.15, -0.1) is 0 Å². The maximum atomic E-state index is 13.6. The number of aromatic nitrogens is 6. The van der Waals surface area contributed by atoms with Gasteiger partial charge in [0.2, 0.25) is 45.1 Å². The van der Waals surface area contributed by atoms with E-state index in [0.29, 0.717) is 10.0 Å². The van der Waals surface area contributed by atoms with Crippen molar-refractivity contribution >= 4 is 177 Å². The average Bonchev–Trinajstić information content (AvgIpc) is 1.51. The van der Waals surface area contributed by atoms with Crippen molar-refractivity contribution < 1.29 is 106 Å². The Hall–Kier alpha value is -11.3. The first kappa shape index (κ1) is 75.4. The highest BCUT2D eigenvalue weighted by Gasteiger charge is 2.43. The molecule has 6 aromatic carbocycles. The summed E-state index contributed by atoms with van der Waals surface area (Å²) in [6.07, 6.45) is 2.08. The fourth-order valence-electron chi connectivity index (χ4n) is 9.06. The zero-order valence-electron chi connectivity index (χ0n) is 51.4. The summed E-state index contributed by atoms with van der Waals surface area (Å²) in [5.74, 6) is -4.55. The zero-order valence-corrected chi connectivity index (χ0v) is 57.8. The van der Waals surface area contributed by atoms with Crippen LogP contribution in [0.2, 0.25) is 10.6 Å². The van der Waals surface area contributed by atoms with Gasteiger partial charge in [-0.3, -0.25) is 46.9 Å². The molecule has 50 heteroatoms. The molecule has 0 spiro atoms. The first-order chi connectivity index (χ1) is 48.6. The third kappa shape index (κ3) is 17.6. The quantitative estimate of drug-likeness (QED) is 0.0225. The summed E-state index contributed by atoms with van der Waals surface area (Å²) in [6.45, 7) is 0. The number of anilines is 2. The number of halogens is 2. The minimum atomic E-state index is -5.16. The molecule has 8 aromatic rings. The van der Waals surface area contributed by atoms with Crippen molar-refractivity contribution in [3.63, 3.8) is 0 Å². The highest BCUT2D eigenvalue weighted by atomic mass is 35.5. The van der Waals surface area contributed by atoms with Crippen LogP contribution in [-0.4, -0.2) is 169 Å². The first-order valence-electron chi connectivity index (χ1n) is 27.7. The minimum Gasteiger partial charge on any atom is -0.464 e. The Kier molecular flexibility index (Phi) is 21.2. The lowest BCUT2D eigenvalue weighted by atomic mass is 10.1. The number of azo groups is 2. The predicted octanol–water partition coefficient (Wildman–Crippen LogP) is 3.73. The molecule has 2 aliphatic heterocycles. The number of carbonyl (C=O) groups excluding carboxylic acids is 4. The highest BCUT2D eigenvalue weighted by molar-refractivity contribution is 7.87. The van der Waals surface area contributed by atoms with Gasteiger partial charge in [0, 0.05) is 0 Å². The van der Waals surface area contributed by atoms with E-state index in [4.69, 9.17) is 32.7 Å². The molecule has 42 nitrogen and oxygen atoms in total. The zero-order chi connectivity index (χ0) is 75.8. The maximum absolute atomic E-state index is 13.6. The molecule has 0 saturated heterocycles. The van der Waals surface area contributed by atoms with Crippen LogP contribution >= 0.6 is 23.2 Å². The third-order valence-electron chi connectivity index (χ3n) is 13.6. The Morgan fingerprint density at radius 3 is 1.09 bits per heavy atom. The van der Waals surface area contributed by atoms with Gasteiger partial charge in [0.1, 0.15) is 31.0 Å². The number of esters is 2. The molecule has 0 bridgehead atoms. The third-order valence-corrected chi connectivity index (χ3v) is 19.3. The van der Waals surface area contributed by atoms with Gasteiger partial charge in [-0.2, -0.15) is 101 Å². The number of H-pyrrole nitrogens is 4. The van der Waals surface area contributed by atoms with Gasteiger partial charge in [0.25, 0.3) is 72.5 Å². The number of carbonyl (C=O) groups is 4. The molecular weight excluding hydrogens is 1550 g/mol. The monoisotopic (exact) mass is 1590 g/mol. The molecule has 2 unspecified atom stereocenters. The standard InChI is InChI=1S/C54H40Cl2N18O24S6/c1-97-47(77)43-41(45(75)73(71-43)31-11-15-33(16-12-31)99(79,80)81)69-67-35-21-27(9-19-37(35)101(85,86)87)57-51-61-49(55)63-53(65-51)59-29-7-5-25(39(23-29)103(91,92)93)3-4-26-6-8-30(24-40(26)104(94,95)96)60-54-64-50(56)62-52(66-54)58-28-10-20-38(102(88,89)90)36(22-28)68-70-42-44(48(78)98-2)72-74(46(42)76)32-13-17-34(18-14-32)100(82,83)84/h3-24,41-42H,1-2H3,(H,79,80,81)(H,82,83,84)(H,85,86,87)(H,88,89,90)(H,91,92,93)(H,94,95,96)(H2,57,59,61,63,65)(H2,58,60,62,64,66)/b4-3+,69-67?,70-68?. The number of aromatic amines is 4. The van der Waals surface area contributed by atoms with Gasteiger partial charge in [0.05, 0.1) is 58.1 Å². The van der Waals surface area contributed by atoms with Crippen LogP contribution in [0.3, 0.4) is 0 Å². The molecule has 2 amide bonds. The van der Waals surface area contributed by atoms with E-state index >= 15 is 0 Å². The van der Waals surface area contributed by atoms with Crippen LogP contribution in [0.4, 0.5) is 45.5 Å². The van der Waals surface area contributed by atoms with Crippen LogP contribution < -0.4 is 32.5 Å². The van der Waals surface area contributed by atoms with Crippen molar-refractivity contribution in [3.8, 4) is 0 Å². The number of hydrogen-bond acceptors (Lipinski definition) is 30. The lowest BCUT2D eigenvalue weighted by molar-refractivity contribution is -0.133. The summed E-state index contributed by atoms with van der Waals surface area (Å²) in [5, 5.41) is 23.5. The second kappa shape index (κ2) is 29.2.